The lowest BCUT2D eigenvalue weighted by Crippen LogP contribution is -2.26. The molecule has 27 heavy (non-hydrogen) atoms. The number of anilines is 1. The molecule has 2 aromatic rings. The Morgan fingerprint density at radius 1 is 1.04 bits per heavy atom. The van der Waals surface area contributed by atoms with Gasteiger partial charge in [-0.15, -0.1) is 0 Å². The molecule has 156 valence electrons. The van der Waals surface area contributed by atoms with Gasteiger partial charge in [-0.05, 0) is 27.7 Å². The molecule has 0 saturated heterocycles. The van der Waals surface area contributed by atoms with E-state index in [0.29, 0.717) is 12.2 Å². The maximum Gasteiger partial charge on any atom is 0.306 e. The van der Waals surface area contributed by atoms with E-state index >= 15 is 0 Å². The predicted molar refractivity (Wildman–Crippen MR) is 103 cm³/mol. The number of nitrogens with two attached hydrogens (primary N) is 1. The average molecular weight is 388 g/mol. The van der Waals surface area contributed by atoms with Gasteiger partial charge in [0.05, 0.1) is 41.1 Å². The van der Waals surface area contributed by atoms with Crippen molar-refractivity contribution in [3.8, 4) is 0 Å². The van der Waals surface area contributed by atoms with Crippen LogP contribution in [0.2, 0.25) is 0 Å². The highest BCUT2D eigenvalue weighted by atomic mass is 16.6. The number of nitro groups is 1. The molecule has 0 aromatic carbocycles. The van der Waals surface area contributed by atoms with Gasteiger partial charge in [-0.2, -0.15) is 10.2 Å². The smallest absolute Gasteiger partial charge is 0.306 e. The summed E-state index contributed by atoms with van der Waals surface area (Å²) < 4.78 is 2.97. The van der Waals surface area contributed by atoms with Crippen molar-refractivity contribution in [2.24, 2.45) is 0 Å². The van der Waals surface area contributed by atoms with Gasteiger partial charge in [-0.3, -0.25) is 19.5 Å². The molecule has 0 fully saturated rings. The van der Waals surface area contributed by atoms with E-state index < -0.39 is 16.1 Å². The second-order valence-corrected chi connectivity index (χ2v) is 6.75. The summed E-state index contributed by atoms with van der Waals surface area (Å²) >= 11 is 0. The topological polar surface area (TPSA) is 165 Å². The molecular formula is C16H32N6O5. The summed E-state index contributed by atoms with van der Waals surface area (Å²) in [6, 6.07) is 0. The normalized spacial score (nSPS) is 10.7. The molecule has 0 unspecified atom stereocenters. The van der Waals surface area contributed by atoms with E-state index in [1.165, 1.54) is 10.9 Å². The molecule has 0 bridgehead atoms. The molecule has 2 heterocycles. The molecule has 0 amide bonds. The second-order valence-electron chi connectivity index (χ2n) is 6.75. The van der Waals surface area contributed by atoms with Gasteiger partial charge in [-0.25, -0.2) is 0 Å². The zero-order chi connectivity index (χ0) is 20.5. The quantitative estimate of drug-likeness (QED) is 0.435. The van der Waals surface area contributed by atoms with E-state index in [9.17, 15) is 20.3 Å². The summed E-state index contributed by atoms with van der Waals surface area (Å²) in [5, 5.41) is 43.7. The van der Waals surface area contributed by atoms with E-state index in [4.69, 9.17) is 10.8 Å². The number of hydrogen-bond donors (Lipinski definition) is 4. The fourth-order valence-corrected chi connectivity index (χ4v) is 1.79. The molecule has 5 N–H and O–H groups in total. The predicted octanol–water partition coefficient (Wildman–Crippen LogP) is 1.04. The number of aromatic nitrogens is 4. The minimum atomic E-state index is -0.917. The third-order valence-corrected chi connectivity index (χ3v) is 2.58. The first-order valence-corrected chi connectivity index (χ1v) is 7.70. The molecule has 0 saturated carbocycles. The number of nitrogen functional groups attached to an aromatic ring is 1. The molecule has 0 aliphatic carbocycles. The van der Waals surface area contributed by atoms with Crippen molar-refractivity contribution >= 4 is 11.4 Å². The van der Waals surface area contributed by atoms with Crippen molar-refractivity contribution in [3.05, 3.63) is 34.9 Å². The van der Waals surface area contributed by atoms with Crippen LogP contribution >= 0.6 is 0 Å². The van der Waals surface area contributed by atoms with E-state index in [0.717, 1.165) is 13.3 Å². The Labute approximate surface area is 159 Å². The largest absolute Gasteiger partial charge is 0.400 e. The van der Waals surface area contributed by atoms with Crippen LogP contribution in [0.3, 0.4) is 0 Å². The molecular weight excluding hydrogens is 356 g/mol. The maximum atomic E-state index is 10.3. The van der Waals surface area contributed by atoms with E-state index in [1.54, 1.807) is 44.8 Å². The van der Waals surface area contributed by atoms with Crippen LogP contribution in [0.15, 0.2) is 24.8 Å². The van der Waals surface area contributed by atoms with Crippen molar-refractivity contribution in [1.29, 1.82) is 0 Å². The van der Waals surface area contributed by atoms with Crippen LogP contribution in [0.1, 0.15) is 35.1 Å². The molecule has 2 aromatic heterocycles. The van der Waals surface area contributed by atoms with Crippen molar-refractivity contribution in [1.82, 2.24) is 19.6 Å². The Morgan fingerprint density at radius 3 is 1.74 bits per heavy atom. The number of aliphatic hydroxyl groups excluding tert-OH is 1. The first kappa shape index (κ1) is 26.7. The molecule has 2 rings (SSSR count). The Balaban J connectivity index is 0. The number of nitrogens with zero attached hydrogens (tertiary/aromatic N) is 5. The summed E-state index contributed by atoms with van der Waals surface area (Å²) in [6.07, 6.45) is 5.70. The molecule has 0 spiro atoms. The van der Waals surface area contributed by atoms with Gasteiger partial charge in [0.25, 0.3) is 0 Å². The van der Waals surface area contributed by atoms with E-state index in [-0.39, 0.29) is 19.7 Å². The third-order valence-electron chi connectivity index (χ3n) is 2.58. The first-order valence-electron chi connectivity index (χ1n) is 7.70. The highest BCUT2D eigenvalue weighted by Crippen LogP contribution is 2.11. The van der Waals surface area contributed by atoms with Crippen molar-refractivity contribution in [2.45, 2.75) is 59.4 Å². The van der Waals surface area contributed by atoms with Crippen LogP contribution in [-0.2, 0) is 13.1 Å². The van der Waals surface area contributed by atoms with Crippen LogP contribution in [0.4, 0.5) is 11.4 Å². The summed E-state index contributed by atoms with van der Waals surface area (Å²) in [6.45, 7) is 7.38. The molecule has 11 nitrogen and oxygen atoms in total. The van der Waals surface area contributed by atoms with Crippen LogP contribution in [0.5, 0.6) is 0 Å². The highest BCUT2D eigenvalue weighted by molar-refractivity contribution is 5.30. The van der Waals surface area contributed by atoms with Crippen LogP contribution in [0.25, 0.3) is 0 Å². The van der Waals surface area contributed by atoms with Gasteiger partial charge < -0.3 is 21.1 Å². The van der Waals surface area contributed by atoms with Crippen molar-refractivity contribution in [3.63, 3.8) is 0 Å². The zero-order valence-electron chi connectivity index (χ0n) is 15.7. The molecule has 0 aliphatic rings. The van der Waals surface area contributed by atoms with Crippen molar-refractivity contribution in [2.75, 3.05) is 12.8 Å². The first-order chi connectivity index (χ1) is 11.9. The monoisotopic (exact) mass is 388 g/mol. The third kappa shape index (κ3) is 12.5. The van der Waals surface area contributed by atoms with Crippen LogP contribution < -0.4 is 5.73 Å². The Hall–Kier alpha value is -2.50. The SMILES string of the molecule is C.CC(C)(O)Cn1cc(N)cn1.CC(C)(O)Cn1cc([N+](=O)[O-])cn1.CO. The fourth-order valence-electron chi connectivity index (χ4n) is 1.79. The van der Waals surface area contributed by atoms with Gasteiger partial charge in [0, 0.05) is 13.3 Å². The van der Waals surface area contributed by atoms with Gasteiger partial charge in [0.1, 0.15) is 12.4 Å². The Bertz CT molecular complexity index is 669. The average Bonchev–Trinajstić information content (AvgIpc) is 3.08. The fraction of sp³-hybridized carbons (Fsp3) is 0.625. The lowest BCUT2D eigenvalue weighted by atomic mass is 10.1. The zero-order valence-corrected chi connectivity index (χ0v) is 15.7. The van der Waals surface area contributed by atoms with Crippen molar-refractivity contribution < 1.29 is 20.2 Å². The minimum absolute atomic E-state index is 0. The van der Waals surface area contributed by atoms with Crippen LogP contribution in [-0.4, -0.2) is 58.1 Å². The summed E-state index contributed by atoms with van der Waals surface area (Å²) in [5.74, 6) is 0. The summed E-state index contributed by atoms with van der Waals surface area (Å²) in [4.78, 5) is 9.75. The molecule has 0 aliphatic heterocycles. The molecule has 11 heteroatoms. The van der Waals surface area contributed by atoms with Gasteiger partial charge in [0.2, 0.25) is 0 Å². The second kappa shape index (κ2) is 11.3. The number of aliphatic hydroxyl groups is 3. The lowest BCUT2D eigenvalue weighted by molar-refractivity contribution is -0.385. The summed E-state index contributed by atoms with van der Waals surface area (Å²) in [5.41, 5.74) is 4.33. The Kier molecular flexibility index (Phi) is 11.1. The maximum absolute atomic E-state index is 10.3. The lowest BCUT2D eigenvalue weighted by Gasteiger charge is -2.16. The molecule has 0 radical (unpaired) electrons. The van der Waals surface area contributed by atoms with Gasteiger partial charge >= 0.3 is 5.69 Å². The van der Waals surface area contributed by atoms with Crippen LogP contribution in [0, 0.1) is 10.1 Å². The van der Waals surface area contributed by atoms with Gasteiger partial charge in [0.15, 0.2) is 0 Å². The van der Waals surface area contributed by atoms with E-state index in [2.05, 4.69) is 10.2 Å². The highest BCUT2D eigenvalue weighted by Gasteiger charge is 2.16. The number of rotatable bonds is 5. The minimum Gasteiger partial charge on any atom is -0.400 e. The summed E-state index contributed by atoms with van der Waals surface area (Å²) in [7, 11) is 1.00. The van der Waals surface area contributed by atoms with E-state index in [1.807, 2.05) is 0 Å². The molecule has 0 atom stereocenters. The van der Waals surface area contributed by atoms with Gasteiger partial charge in [-0.1, -0.05) is 7.43 Å². The number of hydrogen-bond acceptors (Lipinski definition) is 8. The Morgan fingerprint density at radius 2 is 1.44 bits per heavy atom. The standard InChI is InChI=1S/C7H11N3O3.C7H13N3O.CH4O.CH4/c1-7(2,11)5-9-4-6(3-8-9)10(12)13;1-7(2,11)5-10-4-6(8)3-9-10;1-2;/h3-4,11H,5H2,1-2H3;3-4,11H,5,8H2,1-2H3;2H,1H3;1H4.